The van der Waals surface area contributed by atoms with Gasteiger partial charge in [-0.1, -0.05) is 24.3 Å². The zero-order valence-electron chi connectivity index (χ0n) is 16.9. The van der Waals surface area contributed by atoms with E-state index in [-0.39, 0.29) is 12.5 Å². The molecule has 1 saturated carbocycles. The smallest absolute Gasteiger partial charge is 0.225 e. The van der Waals surface area contributed by atoms with Crippen molar-refractivity contribution in [2.45, 2.75) is 18.9 Å². The molecule has 7 heteroatoms. The van der Waals surface area contributed by atoms with E-state index in [2.05, 4.69) is 22.1 Å². The van der Waals surface area contributed by atoms with Gasteiger partial charge in [0, 0.05) is 56.6 Å². The third kappa shape index (κ3) is 3.55. The Labute approximate surface area is 175 Å². The van der Waals surface area contributed by atoms with Crippen molar-refractivity contribution in [3.8, 4) is 11.1 Å². The Morgan fingerprint density at radius 2 is 1.83 bits per heavy atom. The van der Waals surface area contributed by atoms with E-state index in [1.165, 1.54) is 0 Å². The Hall–Kier alpha value is -2.90. The zero-order chi connectivity index (χ0) is 20.7. The third-order valence-corrected chi connectivity index (χ3v) is 6.20. The molecule has 2 aromatic heterocycles. The summed E-state index contributed by atoms with van der Waals surface area (Å²) in [4.78, 5) is 16.7. The lowest BCUT2D eigenvalue weighted by atomic mass is 10.0. The lowest BCUT2D eigenvalue weighted by Gasteiger charge is -2.36. The van der Waals surface area contributed by atoms with Gasteiger partial charge in [0.1, 0.15) is 0 Å². The lowest BCUT2D eigenvalue weighted by Crippen LogP contribution is -2.49. The van der Waals surface area contributed by atoms with Gasteiger partial charge >= 0.3 is 0 Å². The zero-order valence-corrected chi connectivity index (χ0v) is 16.9. The average molecular weight is 406 g/mol. The van der Waals surface area contributed by atoms with Crippen LogP contribution in [0.3, 0.4) is 0 Å². The maximum atomic E-state index is 12.3. The molecular formula is C23H27N5O2. The van der Waals surface area contributed by atoms with Gasteiger partial charge in [-0.05, 0) is 36.1 Å². The third-order valence-electron chi connectivity index (χ3n) is 6.20. The van der Waals surface area contributed by atoms with Crippen LogP contribution in [0, 0.1) is 5.92 Å². The number of piperazine rings is 1. The molecule has 5 rings (SSSR count). The maximum absolute atomic E-state index is 12.3. The van der Waals surface area contributed by atoms with Gasteiger partial charge in [-0.3, -0.25) is 4.79 Å². The van der Waals surface area contributed by atoms with E-state index in [4.69, 9.17) is 5.73 Å². The van der Waals surface area contributed by atoms with Crippen molar-refractivity contribution >= 4 is 17.1 Å². The van der Waals surface area contributed by atoms with Crippen molar-refractivity contribution in [1.82, 2.24) is 14.5 Å². The highest BCUT2D eigenvalue weighted by Crippen LogP contribution is 2.32. The van der Waals surface area contributed by atoms with Gasteiger partial charge < -0.3 is 20.6 Å². The Bertz CT molecular complexity index is 1050. The van der Waals surface area contributed by atoms with Gasteiger partial charge in [0.05, 0.1) is 17.3 Å². The molecule has 1 saturated heterocycles. The van der Waals surface area contributed by atoms with Crippen molar-refractivity contribution in [3.05, 3.63) is 54.4 Å². The number of carbonyl (C=O) groups excluding carboxylic acids is 1. The number of hydrogen-bond acceptors (Lipinski definition) is 5. The van der Waals surface area contributed by atoms with Crippen LogP contribution >= 0.6 is 0 Å². The summed E-state index contributed by atoms with van der Waals surface area (Å²) in [6, 6.07) is 12.0. The van der Waals surface area contributed by atoms with Gasteiger partial charge in [-0.25, -0.2) is 4.52 Å². The molecule has 156 valence electrons. The molecular weight excluding hydrogens is 378 g/mol. The van der Waals surface area contributed by atoms with Crippen LogP contribution in [0.4, 0.5) is 5.69 Å². The van der Waals surface area contributed by atoms with Crippen LogP contribution in [0.5, 0.6) is 0 Å². The molecule has 1 atom stereocenters. The molecule has 0 spiro atoms. The molecule has 0 radical (unpaired) electrons. The number of aliphatic hydroxyl groups excluding tert-OH is 1. The van der Waals surface area contributed by atoms with Crippen LogP contribution in [0.15, 0.2) is 48.8 Å². The van der Waals surface area contributed by atoms with Gasteiger partial charge in [0.25, 0.3) is 0 Å². The molecule has 1 aliphatic carbocycles. The van der Waals surface area contributed by atoms with E-state index in [1.54, 1.807) is 0 Å². The second kappa shape index (κ2) is 7.74. The number of fused-ring (bicyclic) bond motifs is 1. The van der Waals surface area contributed by atoms with Gasteiger partial charge in [-0.2, -0.15) is 5.10 Å². The average Bonchev–Trinajstić information content (AvgIpc) is 3.56. The highest BCUT2D eigenvalue weighted by molar-refractivity contribution is 5.82. The molecule has 0 bridgehead atoms. The Balaban J connectivity index is 1.37. The van der Waals surface area contributed by atoms with Crippen molar-refractivity contribution < 1.29 is 9.90 Å². The summed E-state index contributed by atoms with van der Waals surface area (Å²) in [5.74, 6) is 0.623. The van der Waals surface area contributed by atoms with Crippen LogP contribution in [0.2, 0.25) is 0 Å². The van der Waals surface area contributed by atoms with Gasteiger partial charge in [0.15, 0.2) is 0 Å². The van der Waals surface area contributed by atoms with E-state index in [9.17, 15) is 9.90 Å². The molecule has 1 aliphatic heterocycles. The summed E-state index contributed by atoms with van der Waals surface area (Å²) in [6.45, 7) is 3.45. The number of rotatable bonds is 5. The first-order valence-corrected chi connectivity index (χ1v) is 10.6. The fourth-order valence-electron chi connectivity index (χ4n) is 4.22. The minimum absolute atomic E-state index is 0.211. The first-order chi connectivity index (χ1) is 14.6. The summed E-state index contributed by atoms with van der Waals surface area (Å²) in [5, 5.41) is 14.4. The molecule has 1 amide bonds. The fraction of sp³-hybridized carbons (Fsp3) is 0.391. The minimum atomic E-state index is -0.633. The second-order valence-electron chi connectivity index (χ2n) is 8.24. The van der Waals surface area contributed by atoms with Crippen molar-refractivity contribution in [2.24, 2.45) is 11.7 Å². The number of nitrogens with two attached hydrogens (primary N) is 1. The predicted octanol–water partition coefficient (Wildman–Crippen LogP) is 2.05. The van der Waals surface area contributed by atoms with E-state index >= 15 is 0 Å². The Kier molecular flexibility index (Phi) is 4.92. The number of benzene rings is 1. The standard InChI is InChI=1S/C23H27N5O2/c24-14-22(29)17-3-1-16(2-4-17)19-13-21-20(7-8-25-28(21)15-19)26-9-11-27(12-10-26)23(30)18-5-6-18/h1-4,7-8,13,15,18,22,29H,5-6,9-12,14,24H2. The topological polar surface area (TPSA) is 87.1 Å². The quantitative estimate of drug-likeness (QED) is 0.678. The summed E-state index contributed by atoms with van der Waals surface area (Å²) in [7, 11) is 0. The number of nitrogens with zero attached hydrogens (tertiary/aromatic N) is 4. The van der Waals surface area contributed by atoms with E-state index < -0.39 is 6.10 Å². The molecule has 2 aliphatic rings. The number of hydrogen-bond donors (Lipinski definition) is 2. The predicted molar refractivity (Wildman–Crippen MR) is 116 cm³/mol. The van der Waals surface area contributed by atoms with E-state index in [1.807, 2.05) is 46.1 Å². The first kappa shape index (κ1) is 19.1. The number of carbonyl (C=O) groups is 1. The normalized spacial score (nSPS) is 18.1. The second-order valence-corrected chi connectivity index (χ2v) is 8.24. The van der Waals surface area contributed by atoms with Crippen LogP contribution < -0.4 is 10.6 Å². The monoisotopic (exact) mass is 405 g/mol. The molecule has 2 fully saturated rings. The summed E-state index contributed by atoms with van der Waals surface area (Å²) in [6.07, 6.45) is 5.34. The molecule has 1 aromatic carbocycles. The molecule has 3 N–H and O–H groups in total. The first-order valence-electron chi connectivity index (χ1n) is 10.6. The summed E-state index contributed by atoms with van der Waals surface area (Å²) >= 11 is 0. The minimum Gasteiger partial charge on any atom is -0.387 e. The fourth-order valence-corrected chi connectivity index (χ4v) is 4.22. The van der Waals surface area contributed by atoms with Crippen LogP contribution in [-0.4, -0.2) is 58.3 Å². The number of aliphatic hydroxyl groups is 1. The van der Waals surface area contributed by atoms with Crippen LogP contribution in [0.25, 0.3) is 16.6 Å². The number of anilines is 1. The molecule has 1 unspecified atom stereocenters. The SMILES string of the molecule is NCC(O)c1ccc(-c2cc3c(N4CCN(C(=O)C5CC5)CC4)ccnn3c2)cc1. The van der Waals surface area contributed by atoms with Crippen molar-refractivity contribution in [1.29, 1.82) is 0 Å². The van der Waals surface area contributed by atoms with Crippen LogP contribution in [0.1, 0.15) is 24.5 Å². The number of aromatic nitrogens is 2. The van der Waals surface area contributed by atoms with Gasteiger partial charge in [-0.15, -0.1) is 0 Å². The van der Waals surface area contributed by atoms with Gasteiger partial charge in [0.2, 0.25) is 5.91 Å². The number of amides is 1. The summed E-state index contributed by atoms with van der Waals surface area (Å²) < 4.78 is 1.91. The summed E-state index contributed by atoms with van der Waals surface area (Å²) in [5.41, 5.74) is 10.7. The molecule has 3 aromatic rings. The molecule has 7 nitrogen and oxygen atoms in total. The molecule has 3 heterocycles. The van der Waals surface area contributed by atoms with E-state index in [0.717, 1.165) is 66.9 Å². The largest absolute Gasteiger partial charge is 0.387 e. The Morgan fingerprint density at radius 3 is 2.50 bits per heavy atom. The highest BCUT2D eigenvalue weighted by Gasteiger charge is 2.34. The Morgan fingerprint density at radius 1 is 1.10 bits per heavy atom. The molecule has 30 heavy (non-hydrogen) atoms. The highest BCUT2D eigenvalue weighted by atomic mass is 16.3. The lowest BCUT2D eigenvalue weighted by molar-refractivity contribution is -0.132. The van der Waals surface area contributed by atoms with E-state index in [0.29, 0.717) is 5.91 Å². The van der Waals surface area contributed by atoms with Crippen molar-refractivity contribution in [3.63, 3.8) is 0 Å². The van der Waals surface area contributed by atoms with Crippen LogP contribution in [-0.2, 0) is 4.79 Å². The van der Waals surface area contributed by atoms with Crippen molar-refractivity contribution in [2.75, 3.05) is 37.6 Å². The maximum Gasteiger partial charge on any atom is 0.225 e.